The Morgan fingerprint density at radius 2 is 1.85 bits per heavy atom. The van der Waals surface area contributed by atoms with E-state index in [1.54, 1.807) is 0 Å². The maximum atomic E-state index is 13.5. The van der Waals surface area contributed by atoms with E-state index in [1.807, 2.05) is 0 Å². The molecule has 0 radical (unpaired) electrons. The highest BCUT2D eigenvalue weighted by molar-refractivity contribution is 9.10. The molecule has 0 amide bonds. The van der Waals surface area contributed by atoms with Gasteiger partial charge in [-0.15, -0.1) is 0 Å². The monoisotopic (exact) mass is 359 g/mol. The summed E-state index contributed by atoms with van der Waals surface area (Å²) in [6.07, 6.45) is 3.77. The zero-order chi connectivity index (χ0) is 14.1. The van der Waals surface area contributed by atoms with Gasteiger partial charge in [0, 0.05) is 6.04 Å². The van der Waals surface area contributed by atoms with Crippen LogP contribution in [-0.4, -0.2) is 14.5 Å². The summed E-state index contributed by atoms with van der Waals surface area (Å²) in [5.74, 6) is 1.93. The number of fused-ring (bicyclic) bond motifs is 5. The topological polar surface area (TPSA) is 46.2 Å². The Labute approximate surface area is 126 Å². The van der Waals surface area contributed by atoms with Crippen LogP contribution in [-0.2, 0) is 10.0 Å². The molecule has 4 atom stereocenters. The van der Waals surface area contributed by atoms with Crippen molar-refractivity contribution in [1.82, 2.24) is 4.72 Å². The minimum Gasteiger partial charge on any atom is -0.207 e. The number of hydrogen-bond acceptors (Lipinski definition) is 2. The first-order chi connectivity index (χ1) is 9.47. The lowest BCUT2D eigenvalue weighted by Gasteiger charge is -2.11. The Hall–Kier alpha value is -0.460. The summed E-state index contributed by atoms with van der Waals surface area (Å²) in [6, 6.07) is 4.01. The van der Waals surface area contributed by atoms with Crippen LogP contribution in [0.2, 0.25) is 0 Å². The Kier molecular flexibility index (Phi) is 2.82. The van der Waals surface area contributed by atoms with Gasteiger partial charge in [-0.2, -0.15) is 0 Å². The molecule has 108 valence electrons. The highest BCUT2D eigenvalue weighted by Crippen LogP contribution is 2.65. The molecule has 0 saturated heterocycles. The maximum absolute atomic E-state index is 13.5. The van der Waals surface area contributed by atoms with Gasteiger partial charge in [-0.25, -0.2) is 17.5 Å². The van der Waals surface area contributed by atoms with Crippen LogP contribution >= 0.6 is 15.9 Å². The molecule has 3 saturated carbocycles. The second kappa shape index (κ2) is 4.27. The van der Waals surface area contributed by atoms with Crippen molar-refractivity contribution in [2.45, 2.75) is 30.2 Å². The van der Waals surface area contributed by atoms with Crippen LogP contribution in [0, 0.1) is 29.5 Å². The lowest BCUT2D eigenvalue weighted by Crippen LogP contribution is -2.30. The Bertz CT molecular complexity index is 662. The standard InChI is InChI=1S/C14H15BrFNO2S/c15-10-4-3-9(6-11(10)16)20(18,19)17-14-12-7-1-2-8(5-7)13(12)14/h3-4,6-8,12-14,17H,1-2,5H2. The van der Waals surface area contributed by atoms with Crippen LogP contribution in [0.3, 0.4) is 0 Å². The van der Waals surface area contributed by atoms with Crippen molar-refractivity contribution in [3.05, 3.63) is 28.5 Å². The van der Waals surface area contributed by atoms with E-state index >= 15 is 0 Å². The highest BCUT2D eigenvalue weighted by Gasteiger charge is 2.65. The molecule has 0 aromatic heterocycles. The third kappa shape index (κ3) is 1.88. The first-order valence-electron chi connectivity index (χ1n) is 6.95. The summed E-state index contributed by atoms with van der Waals surface area (Å²) in [7, 11) is -3.61. The van der Waals surface area contributed by atoms with E-state index in [9.17, 15) is 12.8 Å². The minimum absolute atomic E-state index is 0.00974. The number of halogens is 2. The van der Waals surface area contributed by atoms with E-state index < -0.39 is 15.8 Å². The van der Waals surface area contributed by atoms with Gasteiger partial charge in [-0.1, -0.05) is 0 Å². The number of rotatable bonds is 3. The van der Waals surface area contributed by atoms with E-state index in [0.29, 0.717) is 23.7 Å². The lowest BCUT2D eigenvalue weighted by molar-refractivity contribution is 0.456. The van der Waals surface area contributed by atoms with Gasteiger partial charge >= 0.3 is 0 Å². The minimum atomic E-state index is -3.61. The Morgan fingerprint density at radius 3 is 2.45 bits per heavy atom. The van der Waals surface area contributed by atoms with Crippen molar-refractivity contribution in [3.63, 3.8) is 0 Å². The van der Waals surface area contributed by atoms with Gasteiger partial charge in [-0.3, -0.25) is 0 Å². The second-order valence-electron chi connectivity index (χ2n) is 6.21. The van der Waals surface area contributed by atoms with Gasteiger partial charge in [-0.05, 0) is 77.1 Å². The molecule has 1 aromatic carbocycles. The van der Waals surface area contributed by atoms with Crippen molar-refractivity contribution in [1.29, 1.82) is 0 Å². The predicted molar refractivity (Wildman–Crippen MR) is 76.0 cm³/mol. The molecule has 4 unspecified atom stereocenters. The van der Waals surface area contributed by atoms with Gasteiger partial charge in [0.05, 0.1) is 9.37 Å². The summed E-state index contributed by atoms with van der Waals surface area (Å²) in [4.78, 5) is 0.00974. The van der Waals surface area contributed by atoms with Gasteiger partial charge in [0.15, 0.2) is 0 Å². The molecular formula is C14H15BrFNO2S. The summed E-state index contributed by atoms with van der Waals surface area (Å²) in [5.41, 5.74) is 0. The molecule has 1 aromatic rings. The number of hydrogen-bond donors (Lipinski definition) is 1. The molecule has 3 nitrogen and oxygen atoms in total. The largest absolute Gasteiger partial charge is 0.240 e. The third-order valence-electron chi connectivity index (χ3n) is 5.23. The zero-order valence-corrected chi connectivity index (χ0v) is 13.1. The molecule has 4 rings (SSSR count). The van der Waals surface area contributed by atoms with Gasteiger partial charge < -0.3 is 0 Å². The van der Waals surface area contributed by atoms with Crippen molar-refractivity contribution in [3.8, 4) is 0 Å². The fraction of sp³-hybridized carbons (Fsp3) is 0.571. The first-order valence-corrected chi connectivity index (χ1v) is 9.22. The summed E-state index contributed by atoms with van der Waals surface area (Å²) >= 11 is 3.03. The molecule has 3 fully saturated rings. The normalized spacial score (nSPS) is 38.0. The second-order valence-corrected chi connectivity index (χ2v) is 8.78. The van der Waals surface area contributed by atoms with Crippen LogP contribution in [0.15, 0.2) is 27.6 Å². The summed E-state index contributed by atoms with van der Waals surface area (Å²) < 4.78 is 41.2. The van der Waals surface area contributed by atoms with Crippen LogP contribution in [0.4, 0.5) is 4.39 Å². The van der Waals surface area contributed by atoms with Crippen LogP contribution < -0.4 is 4.72 Å². The molecule has 20 heavy (non-hydrogen) atoms. The lowest BCUT2D eigenvalue weighted by atomic mass is 10.0. The fourth-order valence-electron chi connectivity index (χ4n) is 4.37. The Morgan fingerprint density at radius 1 is 1.20 bits per heavy atom. The SMILES string of the molecule is O=S(=O)(NC1C2C3CCC(C3)C12)c1ccc(Br)c(F)c1. The molecular weight excluding hydrogens is 345 g/mol. The average Bonchev–Trinajstić information content (AvgIpc) is 2.81. The quantitative estimate of drug-likeness (QED) is 0.901. The van der Waals surface area contributed by atoms with Gasteiger partial charge in [0.25, 0.3) is 0 Å². The first kappa shape index (κ1) is 13.2. The number of nitrogens with one attached hydrogen (secondary N) is 1. The van der Waals surface area contributed by atoms with Crippen LogP contribution in [0.5, 0.6) is 0 Å². The van der Waals surface area contributed by atoms with Gasteiger partial charge in [0.1, 0.15) is 5.82 Å². The van der Waals surface area contributed by atoms with Gasteiger partial charge in [0.2, 0.25) is 10.0 Å². The molecule has 1 N–H and O–H groups in total. The van der Waals surface area contributed by atoms with Crippen molar-refractivity contribution >= 4 is 26.0 Å². The third-order valence-corrected chi connectivity index (χ3v) is 7.33. The van der Waals surface area contributed by atoms with Crippen molar-refractivity contribution < 1.29 is 12.8 Å². The van der Waals surface area contributed by atoms with E-state index in [4.69, 9.17) is 0 Å². The maximum Gasteiger partial charge on any atom is 0.240 e. The smallest absolute Gasteiger partial charge is 0.207 e. The predicted octanol–water partition coefficient (Wildman–Crippen LogP) is 2.91. The molecule has 0 heterocycles. The number of sulfonamides is 1. The van der Waals surface area contributed by atoms with E-state index in [2.05, 4.69) is 20.7 Å². The fourth-order valence-corrected chi connectivity index (χ4v) is 5.94. The van der Waals surface area contributed by atoms with Crippen molar-refractivity contribution in [2.24, 2.45) is 23.7 Å². The van der Waals surface area contributed by atoms with Crippen LogP contribution in [0.1, 0.15) is 19.3 Å². The number of benzene rings is 1. The molecule has 3 aliphatic rings. The molecule has 3 aliphatic carbocycles. The summed E-state index contributed by atoms with van der Waals surface area (Å²) in [5, 5.41) is 0. The van der Waals surface area contributed by atoms with Crippen LogP contribution in [0.25, 0.3) is 0 Å². The highest BCUT2D eigenvalue weighted by atomic mass is 79.9. The molecule has 0 aliphatic heterocycles. The van der Waals surface area contributed by atoms with Crippen molar-refractivity contribution in [2.75, 3.05) is 0 Å². The molecule has 6 heteroatoms. The Balaban J connectivity index is 1.55. The van der Waals surface area contributed by atoms with E-state index in [1.165, 1.54) is 31.4 Å². The van der Waals surface area contributed by atoms with E-state index in [-0.39, 0.29) is 15.4 Å². The molecule has 0 spiro atoms. The molecule has 2 bridgehead atoms. The average molecular weight is 360 g/mol. The zero-order valence-electron chi connectivity index (χ0n) is 10.7. The van der Waals surface area contributed by atoms with E-state index in [0.717, 1.165) is 6.07 Å². The summed E-state index contributed by atoms with van der Waals surface area (Å²) in [6.45, 7) is 0.